The van der Waals surface area contributed by atoms with Crippen molar-refractivity contribution in [3.8, 4) is 5.75 Å². The molecule has 1 amide bonds. The second-order valence-electron chi connectivity index (χ2n) is 4.18. The molecule has 0 fully saturated rings. The molecule has 0 aliphatic heterocycles. The van der Waals surface area contributed by atoms with Crippen LogP contribution in [0.2, 0.25) is 10.0 Å². The van der Waals surface area contributed by atoms with Crippen LogP contribution in [0.15, 0.2) is 36.4 Å². The summed E-state index contributed by atoms with van der Waals surface area (Å²) in [6.07, 6.45) is 0. The molecule has 0 aliphatic rings. The second kappa shape index (κ2) is 7.45. The van der Waals surface area contributed by atoms with Crippen LogP contribution in [0, 0.1) is 3.57 Å². The number of nitrogens with one attached hydrogen (secondary N) is 2. The quantitative estimate of drug-likeness (QED) is 0.348. The molecule has 0 spiro atoms. The van der Waals surface area contributed by atoms with Gasteiger partial charge in [0.25, 0.3) is 5.91 Å². The Bertz CT molecular complexity index is 732. The van der Waals surface area contributed by atoms with Crippen molar-refractivity contribution in [3.63, 3.8) is 0 Å². The predicted molar refractivity (Wildman–Crippen MR) is 101 cm³/mol. The van der Waals surface area contributed by atoms with Gasteiger partial charge in [0, 0.05) is 9.26 Å². The maximum absolute atomic E-state index is 12.1. The van der Waals surface area contributed by atoms with Crippen LogP contribution < -0.4 is 10.6 Å². The molecule has 0 radical (unpaired) electrons. The molecule has 0 heterocycles. The van der Waals surface area contributed by atoms with Gasteiger partial charge in [-0.3, -0.25) is 10.1 Å². The lowest BCUT2D eigenvalue weighted by Crippen LogP contribution is -2.34. The number of rotatable bonds is 2. The largest absolute Gasteiger partial charge is 0.505 e. The van der Waals surface area contributed by atoms with Gasteiger partial charge in [0.2, 0.25) is 0 Å². The van der Waals surface area contributed by atoms with Crippen molar-refractivity contribution in [2.45, 2.75) is 0 Å². The van der Waals surface area contributed by atoms with Crippen molar-refractivity contribution in [1.29, 1.82) is 0 Å². The molecule has 22 heavy (non-hydrogen) atoms. The molecule has 4 nitrogen and oxygen atoms in total. The van der Waals surface area contributed by atoms with Gasteiger partial charge in [0.15, 0.2) is 10.9 Å². The molecule has 0 saturated heterocycles. The summed E-state index contributed by atoms with van der Waals surface area (Å²) in [6.45, 7) is 0. The van der Waals surface area contributed by atoms with E-state index in [1.165, 1.54) is 12.1 Å². The molecule has 2 rings (SSSR count). The molecule has 3 N–H and O–H groups in total. The summed E-state index contributed by atoms with van der Waals surface area (Å²) in [5.74, 6) is -0.527. The average Bonchev–Trinajstić information content (AvgIpc) is 2.44. The zero-order valence-corrected chi connectivity index (χ0v) is 15.3. The van der Waals surface area contributed by atoms with E-state index >= 15 is 0 Å². The number of benzene rings is 2. The molecule has 0 aliphatic carbocycles. The Morgan fingerprint density at radius 3 is 2.36 bits per heavy atom. The number of aromatic hydroxyl groups is 1. The normalized spacial score (nSPS) is 10.1. The third-order valence-corrected chi connectivity index (χ3v) is 4.34. The number of halogens is 3. The van der Waals surface area contributed by atoms with Gasteiger partial charge in [-0.25, -0.2) is 0 Å². The molecular formula is C14H9Cl2IN2O2S. The summed E-state index contributed by atoms with van der Waals surface area (Å²) in [6, 6.07) is 10.0. The molecule has 114 valence electrons. The van der Waals surface area contributed by atoms with Crippen LogP contribution in [0.25, 0.3) is 0 Å². The first-order valence-corrected chi connectivity index (χ1v) is 8.17. The zero-order chi connectivity index (χ0) is 16.3. The number of hydrogen-bond donors (Lipinski definition) is 3. The lowest BCUT2D eigenvalue weighted by molar-refractivity contribution is 0.0977. The minimum atomic E-state index is -0.321. The maximum atomic E-state index is 12.1. The van der Waals surface area contributed by atoms with E-state index in [0.29, 0.717) is 11.3 Å². The highest BCUT2D eigenvalue weighted by Crippen LogP contribution is 2.34. The fourth-order valence-electron chi connectivity index (χ4n) is 1.62. The lowest BCUT2D eigenvalue weighted by atomic mass is 10.2. The van der Waals surface area contributed by atoms with E-state index in [9.17, 15) is 9.90 Å². The van der Waals surface area contributed by atoms with Gasteiger partial charge in [-0.15, -0.1) is 0 Å². The maximum Gasteiger partial charge on any atom is 0.258 e. The first-order valence-electron chi connectivity index (χ1n) is 5.93. The number of thiocarbonyl (C=S) groups is 1. The Kier molecular flexibility index (Phi) is 5.85. The number of carbonyl (C=O) groups is 1. The Morgan fingerprint density at radius 1 is 1.18 bits per heavy atom. The number of anilines is 1. The van der Waals surface area contributed by atoms with Crippen molar-refractivity contribution < 1.29 is 9.90 Å². The minimum absolute atomic E-state index is 0.0849. The summed E-state index contributed by atoms with van der Waals surface area (Å²) in [5.41, 5.74) is 0.981. The highest BCUT2D eigenvalue weighted by molar-refractivity contribution is 14.1. The van der Waals surface area contributed by atoms with Gasteiger partial charge >= 0.3 is 0 Å². The summed E-state index contributed by atoms with van der Waals surface area (Å²) in [7, 11) is 0. The Morgan fingerprint density at radius 2 is 1.77 bits per heavy atom. The van der Waals surface area contributed by atoms with Crippen molar-refractivity contribution in [2.24, 2.45) is 0 Å². The van der Waals surface area contributed by atoms with Crippen molar-refractivity contribution in [3.05, 3.63) is 55.6 Å². The molecule has 8 heteroatoms. The van der Waals surface area contributed by atoms with Gasteiger partial charge in [-0.1, -0.05) is 35.3 Å². The van der Waals surface area contributed by atoms with E-state index in [1.54, 1.807) is 12.1 Å². The molecule has 0 aromatic heterocycles. The molecule has 2 aromatic carbocycles. The van der Waals surface area contributed by atoms with E-state index in [4.69, 9.17) is 35.4 Å². The van der Waals surface area contributed by atoms with Crippen LogP contribution in [-0.2, 0) is 0 Å². The van der Waals surface area contributed by atoms with Crippen LogP contribution >= 0.6 is 58.0 Å². The molecule has 0 unspecified atom stereocenters. The molecule has 0 atom stereocenters. The summed E-state index contributed by atoms with van der Waals surface area (Å²) in [4.78, 5) is 12.1. The van der Waals surface area contributed by atoms with Crippen molar-refractivity contribution in [1.82, 2.24) is 5.32 Å². The number of phenolic OH excluding ortho intramolecular Hbond substituents is 1. The monoisotopic (exact) mass is 466 g/mol. The highest BCUT2D eigenvalue weighted by Gasteiger charge is 2.12. The SMILES string of the molecule is O=C(NC(=S)Nc1cc(Cl)c(O)c(Cl)c1)c1ccccc1I. The van der Waals surface area contributed by atoms with E-state index in [2.05, 4.69) is 33.2 Å². The smallest absolute Gasteiger partial charge is 0.258 e. The third kappa shape index (κ3) is 4.22. The average molecular weight is 467 g/mol. The number of phenols is 1. The van der Waals surface area contributed by atoms with Crippen molar-refractivity contribution in [2.75, 3.05) is 5.32 Å². The van der Waals surface area contributed by atoms with Gasteiger partial charge in [0.1, 0.15) is 0 Å². The second-order valence-corrected chi connectivity index (χ2v) is 6.56. The minimum Gasteiger partial charge on any atom is -0.505 e. The molecule has 2 aromatic rings. The molecular weight excluding hydrogens is 458 g/mol. The van der Waals surface area contributed by atoms with Gasteiger partial charge < -0.3 is 10.4 Å². The topological polar surface area (TPSA) is 61.4 Å². The standard InChI is InChI=1S/C14H9Cl2IN2O2S/c15-9-5-7(6-10(16)12(9)20)18-14(22)19-13(21)8-3-1-2-4-11(8)17/h1-6,20H,(H2,18,19,21,22). The van der Waals surface area contributed by atoms with E-state index in [0.717, 1.165) is 3.57 Å². The summed E-state index contributed by atoms with van der Waals surface area (Å²) < 4.78 is 0.816. The molecule has 0 saturated carbocycles. The number of hydrogen-bond acceptors (Lipinski definition) is 3. The predicted octanol–water partition coefficient (Wildman–Crippen LogP) is 4.43. The third-order valence-electron chi connectivity index (χ3n) is 2.62. The van der Waals surface area contributed by atoms with Gasteiger partial charge in [0.05, 0.1) is 15.6 Å². The Balaban J connectivity index is 2.08. The first-order chi connectivity index (χ1) is 10.4. The molecule has 0 bridgehead atoms. The van der Waals surface area contributed by atoms with Gasteiger partial charge in [-0.05, 0) is 59.1 Å². The summed E-state index contributed by atoms with van der Waals surface area (Å²) >= 11 is 18.8. The van der Waals surface area contributed by atoms with Crippen LogP contribution in [0.5, 0.6) is 5.75 Å². The highest BCUT2D eigenvalue weighted by atomic mass is 127. The lowest BCUT2D eigenvalue weighted by Gasteiger charge is -2.11. The first kappa shape index (κ1) is 17.3. The van der Waals surface area contributed by atoms with E-state index in [-0.39, 0.29) is 26.8 Å². The Hall–Kier alpha value is -1.09. The van der Waals surface area contributed by atoms with E-state index in [1.807, 2.05) is 12.1 Å². The van der Waals surface area contributed by atoms with Crippen molar-refractivity contribution >= 4 is 74.7 Å². The fourth-order valence-corrected chi connectivity index (χ4v) is 2.95. The zero-order valence-electron chi connectivity index (χ0n) is 10.9. The number of amides is 1. The number of carbonyl (C=O) groups excluding carboxylic acids is 1. The fraction of sp³-hybridized carbons (Fsp3) is 0. The summed E-state index contributed by atoms with van der Waals surface area (Å²) in [5, 5.41) is 15.1. The Labute approximate surface area is 156 Å². The van der Waals surface area contributed by atoms with Gasteiger partial charge in [-0.2, -0.15) is 0 Å². The van der Waals surface area contributed by atoms with Crippen LogP contribution in [0.4, 0.5) is 5.69 Å². The van der Waals surface area contributed by atoms with Crippen LogP contribution in [-0.4, -0.2) is 16.1 Å². The van der Waals surface area contributed by atoms with Crippen LogP contribution in [0.3, 0.4) is 0 Å². The van der Waals surface area contributed by atoms with Crippen LogP contribution in [0.1, 0.15) is 10.4 Å². The van der Waals surface area contributed by atoms with E-state index < -0.39 is 0 Å².